The molecule has 0 radical (unpaired) electrons. The van der Waals surface area contributed by atoms with Crippen molar-refractivity contribution in [1.82, 2.24) is 4.90 Å². The van der Waals surface area contributed by atoms with Gasteiger partial charge in [-0.1, -0.05) is 13.3 Å². The summed E-state index contributed by atoms with van der Waals surface area (Å²) in [5, 5.41) is 0. The second-order valence-corrected chi connectivity index (χ2v) is 3.71. The molecular weight excluding hydrogens is 150 g/mol. The largest absolute Gasteiger partial charge is 0.385 e. The van der Waals surface area contributed by atoms with Crippen molar-refractivity contribution in [3.8, 4) is 0 Å². The van der Waals surface area contributed by atoms with Gasteiger partial charge in [0.25, 0.3) is 0 Å². The normalized spacial score (nSPS) is 25.0. The first-order valence-corrected chi connectivity index (χ1v) is 5.08. The van der Waals surface area contributed by atoms with Gasteiger partial charge < -0.3 is 9.64 Å². The Kier molecular flexibility index (Phi) is 4.62. The maximum atomic E-state index is 5.03. The summed E-state index contributed by atoms with van der Waals surface area (Å²) in [6.07, 6.45) is 3.94. The average molecular weight is 171 g/mol. The first-order valence-electron chi connectivity index (χ1n) is 5.08. The summed E-state index contributed by atoms with van der Waals surface area (Å²) in [7, 11) is 1.78. The van der Waals surface area contributed by atoms with Gasteiger partial charge in [0.1, 0.15) is 0 Å². The Balaban J connectivity index is 2.03. The van der Waals surface area contributed by atoms with Crippen LogP contribution in [0.15, 0.2) is 0 Å². The molecule has 0 bridgehead atoms. The SMILES string of the molecule is CC[C@H]1CCN(CCCOC)C1. The van der Waals surface area contributed by atoms with Crippen LogP contribution >= 0.6 is 0 Å². The molecule has 1 aliphatic rings. The van der Waals surface area contributed by atoms with E-state index in [1.165, 1.54) is 38.9 Å². The summed E-state index contributed by atoms with van der Waals surface area (Å²) in [4.78, 5) is 2.56. The molecule has 1 fully saturated rings. The molecule has 0 unspecified atom stereocenters. The first-order chi connectivity index (χ1) is 5.86. The van der Waals surface area contributed by atoms with E-state index in [4.69, 9.17) is 4.74 Å². The van der Waals surface area contributed by atoms with E-state index in [2.05, 4.69) is 11.8 Å². The minimum atomic E-state index is 0.910. The first kappa shape index (κ1) is 10.0. The zero-order valence-electron chi connectivity index (χ0n) is 8.38. The summed E-state index contributed by atoms with van der Waals surface area (Å²) < 4.78 is 5.03. The van der Waals surface area contributed by atoms with E-state index in [0.29, 0.717) is 0 Å². The molecule has 1 saturated heterocycles. The predicted molar refractivity (Wildman–Crippen MR) is 51.3 cm³/mol. The molecule has 0 aromatic heterocycles. The van der Waals surface area contributed by atoms with Crippen LogP contribution in [0.1, 0.15) is 26.2 Å². The van der Waals surface area contributed by atoms with Gasteiger partial charge >= 0.3 is 0 Å². The van der Waals surface area contributed by atoms with Crippen LogP contribution in [-0.4, -0.2) is 38.3 Å². The smallest absolute Gasteiger partial charge is 0.0474 e. The molecular formula is C10H21NO. The fourth-order valence-corrected chi connectivity index (χ4v) is 1.88. The Bertz CT molecular complexity index is 116. The lowest BCUT2D eigenvalue weighted by Gasteiger charge is -2.14. The van der Waals surface area contributed by atoms with Crippen LogP contribution in [-0.2, 0) is 4.74 Å². The number of likely N-dealkylation sites (tertiary alicyclic amines) is 1. The molecule has 12 heavy (non-hydrogen) atoms. The number of hydrogen-bond donors (Lipinski definition) is 0. The molecule has 0 saturated carbocycles. The van der Waals surface area contributed by atoms with E-state index in [1.807, 2.05) is 0 Å². The Morgan fingerprint density at radius 1 is 1.50 bits per heavy atom. The Hall–Kier alpha value is -0.0800. The van der Waals surface area contributed by atoms with Gasteiger partial charge in [0, 0.05) is 26.8 Å². The van der Waals surface area contributed by atoms with Crippen molar-refractivity contribution in [2.45, 2.75) is 26.2 Å². The molecule has 1 heterocycles. The lowest BCUT2D eigenvalue weighted by molar-refractivity contribution is 0.178. The summed E-state index contributed by atoms with van der Waals surface area (Å²) in [6, 6.07) is 0. The third-order valence-corrected chi connectivity index (χ3v) is 2.77. The Morgan fingerprint density at radius 2 is 2.33 bits per heavy atom. The number of hydrogen-bond acceptors (Lipinski definition) is 2. The Labute approximate surface area is 75.9 Å². The van der Waals surface area contributed by atoms with Crippen LogP contribution in [0.4, 0.5) is 0 Å². The van der Waals surface area contributed by atoms with Gasteiger partial charge in [-0.15, -0.1) is 0 Å². The van der Waals surface area contributed by atoms with Crippen LogP contribution in [0.3, 0.4) is 0 Å². The third kappa shape index (κ3) is 3.11. The summed E-state index contributed by atoms with van der Waals surface area (Å²) in [6.45, 7) is 7.06. The number of ether oxygens (including phenoxy) is 1. The van der Waals surface area contributed by atoms with E-state index >= 15 is 0 Å². The molecule has 0 aliphatic carbocycles. The Morgan fingerprint density at radius 3 is 2.92 bits per heavy atom. The quantitative estimate of drug-likeness (QED) is 0.584. The standard InChI is InChI=1S/C10H21NO/c1-3-10-5-7-11(9-10)6-4-8-12-2/h10H,3-9H2,1-2H3/t10-/m0/s1. The molecule has 0 aromatic rings. The van der Waals surface area contributed by atoms with E-state index in [1.54, 1.807) is 7.11 Å². The summed E-state index contributed by atoms with van der Waals surface area (Å²) in [5.74, 6) is 0.965. The second-order valence-electron chi connectivity index (χ2n) is 3.71. The topological polar surface area (TPSA) is 12.5 Å². The van der Waals surface area contributed by atoms with Crippen LogP contribution in [0, 0.1) is 5.92 Å². The van der Waals surface area contributed by atoms with Crippen molar-refractivity contribution in [2.75, 3.05) is 33.4 Å². The predicted octanol–water partition coefficient (Wildman–Crippen LogP) is 1.75. The van der Waals surface area contributed by atoms with Gasteiger partial charge in [-0.25, -0.2) is 0 Å². The highest BCUT2D eigenvalue weighted by Gasteiger charge is 2.19. The number of rotatable bonds is 5. The van der Waals surface area contributed by atoms with Crippen molar-refractivity contribution in [3.63, 3.8) is 0 Å². The van der Waals surface area contributed by atoms with Crippen molar-refractivity contribution in [2.24, 2.45) is 5.92 Å². The average Bonchev–Trinajstić information content (AvgIpc) is 2.53. The van der Waals surface area contributed by atoms with Crippen molar-refractivity contribution in [3.05, 3.63) is 0 Å². The molecule has 2 heteroatoms. The van der Waals surface area contributed by atoms with E-state index < -0.39 is 0 Å². The van der Waals surface area contributed by atoms with Crippen LogP contribution in [0.2, 0.25) is 0 Å². The van der Waals surface area contributed by atoms with Crippen molar-refractivity contribution in [1.29, 1.82) is 0 Å². The zero-order chi connectivity index (χ0) is 8.81. The van der Waals surface area contributed by atoms with Crippen LogP contribution in [0.25, 0.3) is 0 Å². The van der Waals surface area contributed by atoms with E-state index in [-0.39, 0.29) is 0 Å². The summed E-state index contributed by atoms with van der Waals surface area (Å²) in [5.41, 5.74) is 0. The second kappa shape index (κ2) is 5.55. The number of methoxy groups -OCH3 is 1. The molecule has 0 aromatic carbocycles. The van der Waals surface area contributed by atoms with Gasteiger partial charge in [-0.2, -0.15) is 0 Å². The molecule has 0 spiro atoms. The van der Waals surface area contributed by atoms with Gasteiger partial charge in [0.2, 0.25) is 0 Å². The van der Waals surface area contributed by atoms with Gasteiger partial charge in [0.15, 0.2) is 0 Å². The van der Waals surface area contributed by atoms with Gasteiger partial charge in [0.05, 0.1) is 0 Å². The summed E-state index contributed by atoms with van der Waals surface area (Å²) >= 11 is 0. The molecule has 72 valence electrons. The number of nitrogens with zero attached hydrogens (tertiary/aromatic N) is 1. The van der Waals surface area contributed by atoms with E-state index in [9.17, 15) is 0 Å². The van der Waals surface area contributed by atoms with Crippen molar-refractivity contribution < 1.29 is 4.74 Å². The van der Waals surface area contributed by atoms with Gasteiger partial charge in [-0.05, 0) is 25.3 Å². The molecule has 0 amide bonds. The highest BCUT2D eigenvalue weighted by atomic mass is 16.5. The maximum Gasteiger partial charge on any atom is 0.0474 e. The van der Waals surface area contributed by atoms with Crippen molar-refractivity contribution >= 4 is 0 Å². The highest BCUT2D eigenvalue weighted by molar-refractivity contribution is 4.73. The maximum absolute atomic E-state index is 5.03. The zero-order valence-corrected chi connectivity index (χ0v) is 8.38. The minimum Gasteiger partial charge on any atom is -0.385 e. The van der Waals surface area contributed by atoms with Crippen LogP contribution < -0.4 is 0 Å². The fraction of sp³-hybridized carbons (Fsp3) is 1.00. The molecule has 1 rings (SSSR count). The fourth-order valence-electron chi connectivity index (χ4n) is 1.88. The van der Waals surface area contributed by atoms with Crippen LogP contribution in [0.5, 0.6) is 0 Å². The van der Waals surface area contributed by atoms with E-state index in [0.717, 1.165) is 12.5 Å². The molecule has 2 nitrogen and oxygen atoms in total. The minimum absolute atomic E-state index is 0.910. The highest BCUT2D eigenvalue weighted by Crippen LogP contribution is 2.18. The lowest BCUT2D eigenvalue weighted by atomic mass is 10.1. The molecule has 1 atom stereocenters. The lowest BCUT2D eigenvalue weighted by Crippen LogP contribution is -2.22. The molecule has 1 aliphatic heterocycles. The monoisotopic (exact) mass is 171 g/mol. The van der Waals surface area contributed by atoms with Gasteiger partial charge in [-0.3, -0.25) is 0 Å². The third-order valence-electron chi connectivity index (χ3n) is 2.77. The molecule has 0 N–H and O–H groups in total.